The molecular formula is C62H67BN2. The first-order valence-electron chi connectivity index (χ1n) is 24.3. The molecule has 0 aliphatic carbocycles. The molecule has 2 aliphatic rings. The largest absolute Gasteiger partial charge is 0.310 e. The van der Waals surface area contributed by atoms with Crippen molar-refractivity contribution < 1.29 is 0 Å². The summed E-state index contributed by atoms with van der Waals surface area (Å²) in [6.45, 7) is 20.1. The Kier molecular flexibility index (Phi) is 17.0. The van der Waals surface area contributed by atoms with Crippen LogP contribution in [0.25, 0.3) is 21.5 Å². The molecule has 9 aromatic carbocycles. The minimum absolute atomic E-state index is 0.111. The lowest BCUT2D eigenvalue weighted by atomic mass is 9.29. The summed E-state index contributed by atoms with van der Waals surface area (Å²) in [5, 5.41) is 5.19. The van der Waals surface area contributed by atoms with Crippen molar-refractivity contribution in [2.45, 2.75) is 82.1 Å². The van der Waals surface area contributed by atoms with E-state index in [9.17, 15) is 0 Å². The summed E-state index contributed by atoms with van der Waals surface area (Å²) >= 11 is 0. The van der Waals surface area contributed by atoms with Crippen LogP contribution in [0, 0.1) is 0 Å². The summed E-state index contributed by atoms with van der Waals surface area (Å²) in [6, 6.07) is 73.6. The van der Waals surface area contributed by atoms with Crippen molar-refractivity contribution in [3.63, 3.8) is 0 Å². The highest BCUT2D eigenvalue weighted by molar-refractivity contribution is 7.00. The summed E-state index contributed by atoms with van der Waals surface area (Å²) in [5.41, 5.74) is 17.1. The topological polar surface area (TPSA) is 6.48 Å². The summed E-state index contributed by atoms with van der Waals surface area (Å²) < 4.78 is 0. The fraction of sp³-hybridized carbons (Fsp3) is 0.194. The predicted octanol–water partition coefficient (Wildman–Crippen LogP) is 16.4. The molecule has 9 aromatic rings. The third-order valence-corrected chi connectivity index (χ3v) is 11.8. The van der Waals surface area contributed by atoms with Crippen LogP contribution in [0.2, 0.25) is 0 Å². The van der Waals surface area contributed by atoms with Crippen molar-refractivity contribution in [1.29, 1.82) is 0 Å². The summed E-state index contributed by atoms with van der Waals surface area (Å²) in [6.07, 6.45) is 1.82. The molecule has 0 bridgehead atoms. The van der Waals surface area contributed by atoms with Gasteiger partial charge in [-0.1, -0.05) is 225 Å². The lowest BCUT2D eigenvalue weighted by Crippen LogP contribution is -2.61. The zero-order valence-electron chi connectivity index (χ0n) is 40.4. The van der Waals surface area contributed by atoms with E-state index in [1.165, 1.54) is 71.6 Å². The van der Waals surface area contributed by atoms with Crippen LogP contribution in [0.4, 0.5) is 34.1 Å². The maximum atomic E-state index is 2.50. The van der Waals surface area contributed by atoms with E-state index >= 15 is 0 Å². The van der Waals surface area contributed by atoms with Gasteiger partial charge in [-0.05, 0) is 107 Å². The maximum Gasteiger partial charge on any atom is 0.244 e. The third kappa shape index (κ3) is 9.25. The van der Waals surface area contributed by atoms with E-state index in [2.05, 4.69) is 210 Å². The second-order valence-electron chi connectivity index (χ2n) is 14.8. The Morgan fingerprint density at radius 1 is 0.277 bits per heavy atom. The molecule has 0 saturated heterocycles. The van der Waals surface area contributed by atoms with Crippen LogP contribution in [-0.2, 0) is 12.8 Å². The quantitative estimate of drug-likeness (QED) is 0.154. The number of rotatable bonds is 6. The Bertz CT molecular complexity index is 2600. The van der Waals surface area contributed by atoms with Crippen molar-refractivity contribution in [1.82, 2.24) is 0 Å². The molecule has 0 spiro atoms. The average molecular weight is 851 g/mol. The molecule has 0 amide bonds. The molecule has 328 valence electrons. The van der Waals surface area contributed by atoms with Gasteiger partial charge < -0.3 is 9.80 Å². The molecule has 11 rings (SSSR count). The molecular weight excluding hydrogens is 784 g/mol. The Hall–Kier alpha value is -6.84. The first-order valence-corrected chi connectivity index (χ1v) is 24.3. The van der Waals surface area contributed by atoms with E-state index in [1.54, 1.807) is 0 Å². The number of anilines is 6. The number of hydrogen-bond donors (Lipinski definition) is 0. The average Bonchev–Trinajstić information content (AvgIpc) is 3.40. The second kappa shape index (κ2) is 23.2. The molecule has 2 heterocycles. The van der Waals surface area contributed by atoms with Crippen molar-refractivity contribution in [2.24, 2.45) is 0 Å². The lowest BCUT2D eigenvalue weighted by molar-refractivity contribution is 1.15. The minimum Gasteiger partial charge on any atom is -0.310 e. The van der Waals surface area contributed by atoms with Gasteiger partial charge in [0.25, 0.3) is 0 Å². The van der Waals surface area contributed by atoms with Gasteiger partial charge >= 0.3 is 0 Å². The molecule has 3 heteroatoms. The van der Waals surface area contributed by atoms with Crippen LogP contribution >= 0.6 is 0 Å². The summed E-state index contributed by atoms with van der Waals surface area (Å²) in [5.74, 6) is 0. The summed E-state index contributed by atoms with van der Waals surface area (Å²) in [4.78, 5) is 4.87. The number of benzene rings is 9. The zero-order valence-corrected chi connectivity index (χ0v) is 40.4. The van der Waals surface area contributed by atoms with Gasteiger partial charge in [0.1, 0.15) is 0 Å². The molecule has 0 unspecified atom stereocenters. The Morgan fingerprint density at radius 2 is 0.554 bits per heavy atom. The monoisotopic (exact) mass is 851 g/mol. The van der Waals surface area contributed by atoms with Gasteiger partial charge in [0, 0.05) is 33.5 Å². The van der Waals surface area contributed by atoms with Gasteiger partial charge in [0.2, 0.25) is 6.71 Å². The maximum absolute atomic E-state index is 2.50. The first kappa shape index (κ1) is 47.6. The highest BCUT2D eigenvalue weighted by Gasteiger charge is 2.40. The van der Waals surface area contributed by atoms with Gasteiger partial charge in [-0.2, -0.15) is 0 Å². The van der Waals surface area contributed by atoms with Gasteiger partial charge in [-0.25, -0.2) is 0 Å². The fourth-order valence-corrected chi connectivity index (χ4v) is 9.57. The highest BCUT2D eigenvalue weighted by atomic mass is 15.1. The molecule has 0 fully saturated rings. The van der Waals surface area contributed by atoms with Gasteiger partial charge in [0.15, 0.2) is 0 Å². The van der Waals surface area contributed by atoms with E-state index in [1.807, 2.05) is 69.2 Å². The number of hydrogen-bond acceptors (Lipinski definition) is 2. The fourth-order valence-electron chi connectivity index (χ4n) is 9.57. The van der Waals surface area contributed by atoms with Crippen LogP contribution in [-0.4, -0.2) is 6.71 Å². The number of para-hydroxylation sites is 4. The van der Waals surface area contributed by atoms with Crippen LogP contribution in [0.15, 0.2) is 200 Å². The van der Waals surface area contributed by atoms with Gasteiger partial charge in [-0.15, -0.1) is 0 Å². The SMILES string of the molecule is CC.CC.CC.CC.CC.c1ccc(N(c2ccccc2)c2cc3c(c4ccccc24)B2c4c(cccc4Cc4cc(N(c5ccccc5)c5ccccc5)c5ccccc5c42)C3)cc1. The van der Waals surface area contributed by atoms with E-state index in [0.717, 1.165) is 35.6 Å². The van der Waals surface area contributed by atoms with Crippen molar-refractivity contribution >= 4 is 78.8 Å². The number of fused-ring (bicyclic) bond motifs is 8. The Balaban J connectivity index is 0.000000658. The highest BCUT2D eigenvalue weighted by Crippen LogP contribution is 2.43. The number of nitrogens with zero attached hydrogens (tertiary/aromatic N) is 2. The molecule has 0 aromatic heterocycles. The third-order valence-electron chi connectivity index (χ3n) is 11.8. The van der Waals surface area contributed by atoms with Crippen molar-refractivity contribution in [3.8, 4) is 0 Å². The van der Waals surface area contributed by atoms with Crippen LogP contribution in [0.3, 0.4) is 0 Å². The van der Waals surface area contributed by atoms with Crippen molar-refractivity contribution in [3.05, 3.63) is 222 Å². The minimum atomic E-state index is 0.111. The van der Waals surface area contributed by atoms with E-state index in [0.29, 0.717) is 0 Å². The van der Waals surface area contributed by atoms with Gasteiger partial charge in [-0.3, -0.25) is 0 Å². The zero-order chi connectivity index (χ0) is 46.3. The van der Waals surface area contributed by atoms with Gasteiger partial charge in [0.05, 0.1) is 11.4 Å². The normalized spacial score (nSPS) is 11.1. The molecule has 0 N–H and O–H groups in total. The van der Waals surface area contributed by atoms with Crippen molar-refractivity contribution in [2.75, 3.05) is 9.80 Å². The molecule has 0 atom stereocenters. The van der Waals surface area contributed by atoms with Crippen LogP contribution in [0.1, 0.15) is 91.5 Å². The summed E-state index contributed by atoms with van der Waals surface area (Å²) in [7, 11) is 0. The lowest BCUT2D eigenvalue weighted by Gasteiger charge is -2.38. The molecule has 65 heavy (non-hydrogen) atoms. The second-order valence-corrected chi connectivity index (χ2v) is 14.8. The van der Waals surface area contributed by atoms with E-state index in [4.69, 9.17) is 0 Å². The standard InChI is InChI=1S/C52H37BN2.5C2H6/c1-5-20-40(21-6-1)54(41-22-7-2-8-23-41)48-34-38-32-36-18-17-19-37-33-39-35-49(55(42-24-9-3-10-25-42)43-26-11-4-12-27-43)45-29-14-16-31-47(45)52(39)53(50(36)37)51(38)46-30-15-13-28-44(46)48;5*1-2/h1-31,34-35H,32-33H2;5*1-2H3. The molecule has 2 aliphatic heterocycles. The Morgan fingerprint density at radius 3 is 0.862 bits per heavy atom. The Labute approximate surface area is 391 Å². The molecule has 2 nitrogen and oxygen atoms in total. The first-order chi connectivity index (χ1) is 32.3. The smallest absolute Gasteiger partial charge is 0.244 e. The van der Waals surface area contributed by atoms with E-state index < -0.39 is 0 Å². The van der Waals surface area contributed by atoms with Crippen LogP contribution in [0.5, 0.6) is 0 Å². The van der Waals surface area contributed by atoms with E-state index in [-0.39, 0.29) is 6.71 Å². The predicted molar refractivity (Wildman–Crippen MR) is 291 cm³/mol. The molecule has 0 saturated carbocycles. The molecule has 0 radical (unpaired) electrons. The van der Waals surface area contributed by atoms with Crippen LogP contribution < -0.4 is 26.2 Å².